The first-order valence-electron chi connectivity index (χ1n) is 11.4. The molecule has 2 fully saturated rings. The summed E-state index contributed by atoms with van der Waals surface area (Å²) in [6.45, 7) is 0.373. The number of carbonyl (C=O) groups excluding carboxylic acids is 1. The summed E-state index contributed by atoms with van der Waals surface area (Å²) in [5.41, 5.74) is 1.28. The number of rotatable bonds is 6. The van der Waals surface area contributed by atoms with Gasteiger partial charge in [-0.3, -0.25) is 4.79 Å². The molecule has 10 heteroatoms. The number of hydrogen-bond acceptors (Lipinski definition) is 3. The highest BCUT2D eigenvalue weighted by atomic mass is 32.2. The third-order valence-corrected chi connectivity index (χ3v) is 8.60. The Morgan fingerprint density at radius 2 is 1.67 bits per heavy atom. The molecule has 5 rings (SSSR count). The maximum absolute atomic E-state index is 13.3. The smallest absolute Gasteiger partial charge is 0.351 e. The van der Waals surface area contributed by atoms with Gasteiger partial charge in [-0.1, -0.05) is 30.3 Å². The van der Waals surface area contributed by atoms with Crippen molar-refractivity contribution in [1.82, 2.24) is 9.62 Å². The van der Waals surface area contributed by atoms with Crippen molar-refractivity contribution in [3.05, 3.63) is 89.7 Å². The van der Waals surface area contributed by atoms with Crippen LogP contribution >= 0.6 is 0 Å². The molecule has 0 bridgehead atoms. The summed E-state index contributed by atoms with van der Waals surface area (Å²) in [4.78, 5) is 13.0. The van der Waals surface area contributed by atoms with Gasteiger partial charge in [0.1, 0.15) is 11.9 Å². The molecule has 1 aliphatic heterocycles. The number of sulfonamides is 1. The van der Waals surface area contributed by atoms with E-state index in [0.717, 1.165) is 36.2 Å². The van der Waals surface area contributed by atoms with Crippen LogP contribution in [0.4, 0.5) is 17.6 Å². The molecular weight excluding hydrogens is 496 g/mol. The van der Waals surface area contributed by atoms with Crippen molar-refractivity contribution in [3.8, 4) is 11.1 Å². The molecule has 188 valence electrons. The van der Waals surface area contributed by atoms with Crippen molar-refractivity contribution >= 4 is 15.9 Å². The molecule has 0 aromatic heterocycles. The first kappa shape index (κ1) is 24.5. The number of benzene rings is 3. The van der Waals surface area contributed by atoms with Crippen LogP contribution in [-0.4, -0.2) is 31.2 Å². The summed E-state index contributed by atoms with van der Waals surface area (Å²) in [5.74, 6) is -0.894. The van der Waals surface area contributed by atoms with Crippen LogP contribution in [0, 0.1) is 17.7 Å². The van der Waals surface area contributed by atoms with Crippen LogP contribution in [0.5, 0.6) is 0 Å². The van der Waals surface area contributed by atoms with E-state index >= 15 is 0 Å². The third kappa shape index (κ3) is 4.75. The number of amides is 1. The van der Waals surface area contributed by atoms with Crippen molar-refractivity contribution in [1.29, 1.82) is 0 Å². The predicted octanol–water partition coefficient (Wildman–Crippen LogP) is 4.84. The van der Waals surface area contributed by atoms with Crippen molar-refractivity contribution in [3.63, 3.8) is 0 Å². The number of carbonyl (C=O) groups is 1. The van der Waals surface area contributed by atoms with Crippen LogP contribution in [0.2, 0.25) is 0 Å². The Labute approximate surface area is 205 Å². The molecule has 3 aromatic rings. The van der Waals surface area contributed by atoms with Crippen molar-refractivity contribution in [2.75, 3.05) is 6.54 Å². The molecule has 3 aromatic carbocycles. The van der Waals surface area contributed by atoms with Crippen molar-refractivity contribution in [2.45, 2.75) is 30.1 Å². The molecule has 2 aliphatic rings. The fourth-order valence-corrected chi connectivity index (χ4v) is 6.44. The number of halogens is 4. The van der Waals surface area contributed by atoms with E-state index in [2.05, 4.69) is 5.32 Å². The fourth-order valence-electron chi connectivity index (χ4n) is 4.75. The van der Waals surface area contributed by atoms with Gasteiger partial charge in [0.05, 0.1) is 10.5 Å². The zero-order chi connectivity index (χ0) is 25.7. The van der Waals surface area contributed by atoms with Crippen LogP contribution in [0.15, 0.2) is 77.7 Å². The Kier molecular flexibility index (Phi) is 6.12. The lowest BCUT2D eigenvalue weighted by atomic mass is 10.0. The minimum Gasteiger partial charge on any atom is -0.351 e. The van der Waals surface area contributed by atoms with Crippen LogP contribution in [0.3, 0.4) is 0 Å². The lowest BCUT2D eigenvalue weighted by Gasteiger charge is -2.26. The Balaban J connectivity index is 1.29. The summed E-state index contributed by atoms with van der Waals surface area (Å²) in [7, 11) is -3.97. The highest BCUT2D eigenvalue weighted by Crippen LogP contribution is 2.51. The summed E-state index contributed by atoms with van der Waals surface area (Å²) in [5, 5.41) is 2.81. The fraction of sp³-hybridized carbons (Fsp3) is 0.269. The number of alkyl halides is 3. The highest BCUT2D eigenvalue weighted by molar-refractivity contribution is 7.89. The van der Waals surface area contributed by atoms with Gasteiger partial charge in [-0.05, 0) is 77.4 Å². The first-order chi connectivity index (χ1) is 17.0. The maximum Gasteiger partial charge on any atom is 0.416 e. The lowest BCUT2D eigenvalue weighted by molar-refractivity contribution is -0.137. The highest BCUT2D eigenvalue weighted by Gasteiger charge is 2.58. The molecule has 1 unspecified atom stereocenters. The quantitative estimate of drug-likeness (QED) is 0.475. The van der Waals surface area contributed by atoms with Gasteiger partial charge in [-0.15, -0.1) is 0 Å². The largest absolute Gasteiger partial charge is 0.416 e. The maximum atomic E-state index is 13.3. The van der Waals surface area contributed by atoms with E-state index in [-0.39, 0.29) is 29.8 Å². The Morgan fingerprint density at radius 3 is 2.33 bits per heavy atom. The third-order valence-electron chi connectivity index (χ3n) is 6.74. The SMILES string of the molecule is O=C(NCc1cccc(-c2ccc(C(F)(F)F)cc2)c1)[C@@H]1C2C[C@H]2CN1S(=O)(=O)c1ccc(F)cc1. The average Bonchev–Trinajstić information content (AvgIpc) is 3.51. The van der Waals surface area contributed by atoms with Crippen LogP contribution < -0.4 is 5.32 Å². The van der Waals surface area contributed by atoms with Gasteiger partial charge in [0.2, 0.25) is 15.9 Å². The minimum absolute atomic E-state index is 0.0568. The van der Waals surface area contributed by atoms with Crippen molar-refractivity contribution < 1.29 is 30.8 Å². The first-order valence-corrected chi connectivity index (χ1v) is 12.8. The lowest BCUT2D eigenvalue weighted by Crippen LogP contribution is -2.48. The second-order valence-corrected chi connectivity index (χ2v) is 11.0. The predicted molar refractivity (Wildman–Crippen MR) is 124 cm³/mol. The molecule has 0 spiro atoms. The van der Waals surface area contributed by atoms with E-state index in [9.17, 15) is 30.8 Å². The summed E-state index contributed by atoms with van der Waals surface area (Å²) in [6.07, 6.45) is -3.64. The van der Waals surface area contributed by atoms with E-state index < -0.39 is 39.5 Å². The second kappa shape index (κ2) is 9.01. The molecule has 1 N–H and O–H groups in total. The van der Waals surface area contributed by atoms with Gasteiger partial charge in [-0.25, -0.2) is 12.8 Å². The topological polar surface area (TPSA) is 66.5 Å². The van der Waals surface area contributed by atoms with E-state index in [0.29, 0.717) is 11.1 Å². The molecule has 1 heterocycles. The zero-order valence-corrected chi connectivity index (χ0v) is 19.7. The van der Waals surface area contributed by atoms with E-state index in [1.54, 1.807) is 24.3 Å². The number of fused-ring (bicyclic) bond motifs is 1. The summed E-state index contributed by atoms with van der Waals surface area (Å²) >= 11 is 0. The average molecular weight is 519 g/mol. The standard InChI is InChI=1S/C26H22F4N2O3S/c27-21-8-10-22(11-9-21)36(34,35)32-15-19-13-23(19)24(32)25(33)31-14-16-2-1-3-18(12-16)17-4-6-20(7-5-17)26(28,29)30/h1-12,19,23-24H,13-15H2,(H,31,33)/t19-,23?,24-/m0/s1. The molecule has 36 heavy (non-hydrogen) atoms. The molecule has 1 saturated heterocycles. The van der Waals surface area contributed by atoms with Gasteiger partial charge >= 0.3 is 6.18 Å². The molecule has 5 nitrogen and oxygen atoms in total. The molecule has 1 aliphatic carbocycles. The Hall–Kier alpha value is -3.24. The normalized spacial score (nSPS) is 21.7. The minimum atomic E-state index is -4.41. The zero-order valence-electron chi connectivity index (χ0n) is 18.9. The van der Waals surface area contributed by atoms with E-state index in [1.165, 1.54) is 28.6 Å². The van der Waals surface area contributed by atoms with E-state index in [4.69, 9.17) is 0 Å². The van der Waals surface area contributed by atoms with Crippen LogP contribution in [0.1, 0.15) is 17.5 Å². The Bertz CT molecular complexity index is 1390. The number of nitrogens with one attached hydrogen (secondary N) is 1. The van der Waals surface area contributed by atoms with Gasteiger partial charge in [0.15, 0.2) is 0 Å². The molecule has 3 atom stereocenters. The van der Waals surface area contributed by atoms with Gasteiger partial charge in [0.25, 0.3) is 0 Å². The van der Waals surface area contributed by atoms with Gasteiger partial charge in [0, 0.05) is 13.1 Å². The van der Waals surface area contributed by atoms with Crippen LogP contribution in [0.25, 0.3) is 11.1 Å². The monoisotopic (exact) mass is 518 g/mol. The van der Waals surface area contributed by atoms with Crippen LogP contribution in [-0.2, 0) is 27.5 Å². The molecular formula is C26H22F4N2O3S. The number of nitrogens with zero attached hydrogens (tertiary/aromatic N) is 1. The molecule has 0 radical (unpaired) electrons. The Morgan fingerprint density at radius 1 is 0.972 bits per heavy atom. The molecule has 1 saturated carbocycles. The van der Waals surface area contributed by atoms with Gasteiger partial charge in [-0.2, -0.15) is 17.5 Å². The number of hydrogen-bond donors (Lipinski definition) is 1. The summed E-state index contributed by atoms with van der Waals surface area (Å²) < 4.78 is 79.3. The second-order valence-electron chi connectivity index (χ2n) is 9.13. The summed E-state index contributed by atoms with van der Waals surface area (Å²) in [6, 6.07) is 15.6. The van der Waals surface area contributed by atoms with Gasteiger partial charge < -0.3 is 5.32 Å². The molecule has 1 amide bonds. The van der Waals surface area contributed by atoms with E-state index in [1.807, 2.05) is 0 Å². The number of piperidine rings is 1. The van der Waals surface area contributed by atoms with Crippen molar-refractivity contribution in [2.24, 2.45) is 11.8 Å².